The number of H-pyrrole nitrogens is 1. The molecule has 24 heavy (non-hydrogen) atoms. The number of halogens is 1. The maximum absolute atomic E-state index is 14.2. The number of rotatable bonds is 4. The molecule has 1 aromatic heterocycles. The Kier molecular flexibility index (Phi) is 3.75. The third-order valence-corrected chi connectivity index (χ3v) is 4.04. The zero-order chi connectivity index (χ0) is 16.4. The van der Waals surface area contributed by atoms with Gasteiger partial charge in [-0.1, -0.05) is 60.7 Å². The predicted molar refractivity (Wildman–Crippen MR) is 93.6 cm³/mol. The molecule has 1 heterocycles. The standard InChI is InChI=1S/C21H16FNO/c22-19-14-18(13-17-11-12-23-20(17)19)24-21(15-7-3-1-4-8-15)16-9-5-2-6-10-16/h1-14,21,23H. The lowest BCUT2D eigenvalue weighted by molar-refractivity contribution is 0.246. The van der Waals surface area contributed by atoms with Crippen LogP contribution in [0.1, 0.15) is 17.2 Å². The summed E-state index contributed by atoms with van der Waals surface area (Å²) in [5.41, 5.74) is 2.55. The van der Waals surface area contributed by atoms with Gasteiger partial charge in [-0.15, -0.1) is 0 Å². The molecule has 4 rings (SSSR count). The number of fused-ring (bicyclic) bond motifs is 1. The van der Waals surface area contributed by atoms with Gasteiger partial charge in [-0.2, -0.15) is 0 Å². The minimum Gasteiger partial charge on any atom is -0.481 e. The average molecular weight is 317 g/mol. The summed E-state index contributed by atoms with van der Waals surface area (Å²) in [4.78, 5) is 2.90. The van der Waals surface area contributed by atoms with E-state index < -0.39 is 0 Å². The molecular formula is C21H16FNO. The molecule has 2 nitrogen and oxygen atoms in total. The van der Waals surface area contributed by atoms with E-state index in [-0.39, 0.29) is 11.9 Å². The van der Waals surface area contributed by atoms with Crippen LogP contribution in [-0.4, -0.2) is 4.98 Å². The summed E-state index contributed by atoms with van der Waals surface area (Å²) < 4.78 is 20.4. The maximum Gasteiger partial charge on any atom is 0.150 e. The molecule has 3 aromatic carbocycles. The van der Waals surface area contributed by atoms with Crippen molar-refractivity contribution < 1.29 is 9.13 Å². The van der Waals surface area contributed by atoms with E-state index in [4.69, 9.17) is 4.74 Å². The van der Waals surface area contributed by atoms with Crippen molar-refractivity contribution in [3.8, 4) is 5.75 Å². The Hall–Kier alpha value is -3.07. The Morgan fingerprint density at radius 1 is 0.792 bits per heavy atom. The maximum atomic E-state index is 14.2. The molecule has 0 atom stereocenters. The molecule has 0 unspecified atom stereocenters. The van der Waals surface area contributed by atoms with E-state index in [2.05, 4.69) is 4.98 Å². The molecule has 0 amide bonds. The molecule has 0 bridgehead atoms. The van der Waals surface area contributed by atoms with Crippen molar-refractivity contribution in [1.29, 1.82) is 0 Å². The SMILES string of the molecule is Fc1cc(OC(c2ccccc2)c2ccccc2)cc2cc[nH]c12. The topological polar surface area (TPSA) is 25.0 Å². The lowest BCUT2D eigenvalue weighted by Gasteiger charge is -2.20. The van der Waals surface area contributed by atoms with Crippen LogP contribution in [0.4, 0.5) is 4.39 Å². The van der Waals surface area contributed by atoms with Crippen LogP contribution in [0, 0.1) is 5.82 Å². The highest BCUT2D eigenvalue weighted by atomic mass is 19.1. The molecule has 1 N–H and O–H groups in total. The highest BCUT2D eigenvalue weighted by Crippen LogP contribution is 2.31. The van der Waals surface area contributed by atoms with Crippen molar-refractivity contribution in [1.82, 2.24) is 4.98 Å². The minimum absolute atomic E-state index is 0.289. The molecular weight excluding hydrogens is 301 g/mol. The Morgan fingerprint density at radius 3 is 2.04 bits per heavy atom. The number of ether oxygens (including phenoxy) is 1. The summed E-state index contributed by atoms with van der Waals surface area (Å²) >= 11 is 0. The third kappa shape index (κ3) is 2.76. The Balaban J connectivity index is 1.76. The van der Waals surface area contributed by atoms with Gasteiger partial charge < -0.3 is 9.72 Å². The van der Waals surface area contributed by atoms with Crippen molar-refractivity contribution in [2.45, 2.75) is 6.10 Å². The minimum atomic E-state index is -0.313. The summed E-state index contributed by atoms with van der Waals surface area (Å²) in [6, 6.07) is 25.0. The highest BCUT2D eigenvalue weighted by molar-refractivity contribution is 5.81. The highest BCUT2D eigenvalue weighted by Gasteiger charge is 2.17. The van der Waals surface area contributed by atoms with Crippen molar-refractivity contribution in [2.24, 2.45) is 0 Å². The van der Waals surface area contributed by atoms with Crippen LogP contribution in [0.15, 0.2) is 85.1 Å². The van der Waals surface area contributed by atoms with Crippen LogP contribution in [0.5, 0.6) is 5.75 Å². The number of hydrogen-bond acceptors (Lipinski definition) is 1. The molecule has 0 aliphatic heterocycles. The van der Waals surface area contributed by atoms with Crippen molar-refractivity contribution in [2.75, 3.05) is 0 Å². The first kappa shape index (κ1) is 14.5. The van der Waals surface area contributed by atoms with Gasteiger partial charge in [0.1, 0.15) is 11.9 Å². The number of nitrogens with one attached hydrogen (secondary N) is 1. The van der Waals surface area contributed by atoms with Crippen LogP contribution in [0.3, 0.4) is 0 Å². The molecule has 0 aliphatic rings. The molecule has 0 saturated heterocycles. The Bertz CT molecular complexity index is 908. The molecule has 118 valence electrons. The first-order valence-electron chi connectivity index (χ1n) is 7.84. The van der Waals surface area contributed by atoms with Gasteiger partial charge in [-0.25, -0.2) is 4.39 Å². The van der Waals surface area contributed by atoms with Gasteiger partial charge in [0.05, 0.1) is 5.52 Å². The number of hydrogen-bond donors (Lipinski definition) is 1. The van der Waals surface area contributed by atoms with E-state index in [0.717, 1.165) is 16.5 Å². The molecule has 0 aliphatic carbocycles. The zero-order valence-corrected chi connectivity index (χ0v) is 12.9. The second kappa shape index (κ2) is 6.20. The van der Waals surface area contributed by atoms with Crippen LogP contribution < -0.4 is 4.74 Å². The Morgan fingerprint density at radius 2 is 1.42 bits per heavy atom. The number of aromatic amines is 1. The fourth-order valence-corrected chi connectivity index (χ4v) is 2.89. The van der Waals surface area contributed by atoms with Gasteiger partial charge in [-0.05, 0) is 23.3 Å². The van der Waals surface area contributed by atoms with E-state index in [1.807, 2.05) is 72.8 Å². The van der Waals surface area contributed by atoms with E-state index in [1.165, 1.54) is 6.07 Å². The fourth-order valence-electron chi connectivity index (χ4n) is 2.89. The van der Waals surface area contributed by atoms with Crippen molar-refractivity contribution in [3.63, 3.8) is 0 Å². The summed E-state index contributed by atoms with van der Waals surface area (Å²) in [7, 11) is 0. The third-order valence-electron chi connectivity index (χ3n) is 4.04. The van der Waals surface area contributed by atoms with Gasteiger partial charge in [0.15, 0.2) is 5.82 Å². The first-order valence-corrected chi connectivity index (χ1v) is 7.84. The van der Waals surface area contributed by atoms with Crippen molar-refractivity contribution >= 4 is 10.9 Å². The zero-order valence-electron chi connectivity index (χ0n) is 12.9. The molecule has 3 heteroatoms. The summed E-state index contributed by atoms with van der Waals surface area (Å²) in [5.74, 6) is 0.199. The van der Waals surface area contributed by atoms with Crippen molar-refractivity contribution in [3.05, 3.63) is 102 Å². The molecule has 0 radical (unpaired) electrons. The van der Waals surface area contributed by atoms with E-state index in [1.54, 1.807) is 6.20 Å². The van der Waals surface area contributed by atoms with Gasteiger partial charge >= 0.3 is 0 Å². The lowest BCUT2D eigenvalue weighted by atomic mass is 10.0. The van der Waals surface area contributed by atoms with E-state index in [0.29, 0.717) is 11.3 Å². The Labute approximate surface area is 139 Å². The number of benzene rings is 3. The average Bonchev–Trinajstić information content (AvgIpc) is 3.10. The van der Waals surface area contributed by atoms with Gasteiger partial charge in [0.25, 0.3) is 0 Å². The van der Waals surface area contributed by atoms with Crippen LogP contribution in [0.2, 0.25) is 0 Å². The van der Waals surface area contributed by atoms with Crippen LogP contribution in [-0.2, 0) is 0 Å². The molecule has 0 fully saturated rings. The van der Waals surface area contributed by atoms with E-state index in [9.17, 15) is 4.39 Å². The summed E-state index contributed by atoms with van der Waals surface area (Å²) in [5, 5.41) is 0.796. The summed E-state index contributed by atoms with van der Waals surface area (Å²) in [6.07, 6.45) is 1.44. The molecule has 0 spiro atoms. The first-order chi connectivity index (χ1) is 11.8. The second-order valence-corrected chi connectivity index (χ2v) is 5.67. The monoisotopic (exact) mass is 317 g/mol. The van der Waals surface area contributed by atoms with Crippen LogP contribution >= 0.6 is 0 Å². The lowest BCUT2D eigenvalue weighted by Crippen LogP contribution is -2.09. The molecule has 4 aromatic rings. The van der Waals surface area contributed by atoms with Crippen LogP contribution in [0.25, 0.3) is 10.9 Å². The summed E-state index contributed by atoms with van der Waals surface area (Å²) in [6.45, 7) is 0. The largest absolute Gasteiger partial charge is 0.481 e. The molecule has 0 saturated carbocycles. The predicted octanol–water partition coefficient (Wildman–Crippen LogP) is 5.48. The quantitative estimate of drug-likeness (QED) is 0.530. The number of aromatic nitrogens is 1. The van der Waals surface area contributed by atoms with E-state index >= 15 is 0 Å². The van der Waals surface area contributed by atoms with Gasteiger partial charge in [-0.3, -0.25) is 0 Å². The van der Waals surface area contributed by atoms with Gasteiger partial charge in [0.2, 0.25) is 0 Å². The fraction of sp³-hybridized carbons (Fsp3) is 0.0476. The second-order valence-electron chi connectivity index (χ2n) is 5.67. The van der Waals surface area contributed by atoms with Gasteiger partial charge in [0, 0.05) is 17.6 Å². The smallest absolute Gasteiger partial charge is 0.150 e. The normalized spacial score (nSPS) is 11.1.